The average Bonchev–Trinajstić information content (AvgIpc) is 2.44. The van der Waals surface area contributed by atoms with Gasteiger partial charge in [-0.2, -0.15) is 0 Å². The second-order valence-electron chi connectivity index (χ2n) is 7.16. The van der Waals surface area contributed by atoms with E-state index in [0.29, 0.717) is 12.1 Å². The lowest BCUT2D eigenvalue weighted by Crippen LogP contribution is -2.42. The van der Waals surface area contributed by atoms with Gasteiger partial charge >= 0.3 is 0 Å². The predicted molar refractivity (Wildman–Crippen MR) is 91.6 cm³/mol. The van der Waals surface area contributed by atoms with Crippen LogP contribution in [0.1, 0.15) is 71.0 Å². The average molecular weight is 291 g/mol. The van der Waals surface area contributed by atoms with Crippen LogP contribution in [0.2, 0.25) is 0 Å². The third-order valence-electron chi connectivity index (χ3n) is 4.21. The molecule has 21 heavy (non-hydrogen) atoms. The number of nitrogens with one attached hydrogen (secondary N) is 1. The summed E-state index contributed by atoms with van der Waals surface area (Å²) in [5.74, 6) is 0. The van der Waals surface area contributed by atoms with Crippen molar-refractivity contribution >= 4 is 0 Å². The standard InChI is InChI=1S/C19H33NO/c1-6-7-8-16-9-11-17(12-10-16)15(2)20-18(13-14-21)19(3,4)5/h9-12,15,18,20-21H,6-8,13-14H2,1-5H3. The van der Waals surface area contributed by atoms with Crippen LogP contribution in [0, 0.1) is 5.41 Å². The van der Waals surface area contributed by atoms with Crippen LogP contribution >= 0.6 is 0 Å². The molecule has 0 spiro atoms. The topological polar surface area (TPSA) is 32.3 Å². The largest absolute Gasteiger partial charge is 0.396 e. The van der Waals surface area contributed by atoms with E-state index in [4.69, 9.17) is 0 Å². The lowest BCUT2D eigenvalue weighted by Gasteiger charge is -2.34. The molecule has 2 nitrogen and oxygen atoms in total. The normalized spacial score (nSPS) is 15.0. The Labute approximate surface area is 131 Å². The molecule has 0 saturated carbocycles. The highest BCUT2D eigenvalue weighted by atomic mass is 16.3. The van der Waals surface area contributed by atoms with Gasteiger partial charge in [0.1, 0.15) is 0 Å². The summed E-state index contributed by atoms with van der Waals surface area (Å²) in [5.41, 5.74) is 2.90. The molecule has 0 aromatic heterocycles. The van der Waals surface area contributed by atoms with Crippen molar-refractivity contribution in [3.05, 3.63) is 35.4 Å². The third kappa shape index (κ3) is 6.19. The zero-order chi connectivity index (χ0) is 15.9. The Balaban J connectivity index is 2.67. The minimum Gasteiger partial charge on any atom is -0.396 e. The summed E-state index contributed by atoms with van der Waals surface area (Å²) in [7, 11) is 0. The zero-order valence-electron chi connectivity index (χ0n) is 14.4. The SMILES string of the molecule is CCCCc1ccc(C(C)NC(CCO)C(C)(C)C)cc1. The number of aryl methyl sites for hydroxylation is 1. The van der Waals surface area contributed by atoms with E-state index in [1.165, 1.54) is 30.4 Å². The predicted octanol–water partition coefficient (Wildman–Crippen LogP) is 4.48. The first-order chi connectivity index (χ1) is 9.88. The van der Waals surface area contributed by atoms with Crippen molar-refractivity contribution < 1.29 is 5.11 Å². The van der Waals surface area contributed by atoms with Crippen LogP contribution in [0.3, 0.4) is 0 Å². The lowest BCUT2D eigenvalue weighted by molar-refractivity contribution is 0.188. The van der Waals surface area contributed by atoms with Crippen molar-refractivity contribution in [2.24, 2.45) is 5.41 Å². The third-order valence-corrected chi connectivity index (χ3v) is 4.21. The molecule has 2 atom stereocenters. The highest BCUT2D eigenvalue weighted by Gasteiger charge is 2.25. The van der Waals surface area contributed by atoms with Gasteiger partial charge in [0.2, 0.25) is 0 Å². The molecule has 0 radical (unpaired) electrons. The minimum absolute atomic E-state index is 0.151. The van der Waals surface area contributed by atoms with E-state index < -0.39 is 0 Å². The van der Waals surface area contributed by atoms with Gasteiger partial charge in [0.25, 0.3) is 0 Å². The maximum atomic E-state index is 9.26. The first kappa shape index (κ1) is 18.2. The highest BCUT2D eigenvalue weighted by molar-refractivity contribution is 5.25. The second kappa shape index (κ2) is 8.55. The van der Waals surface area contributed by atoms with Gasteiger partial charge in [-0.3, -0.25) is 0 Å². The van der Waals surface area contributed by atoms with E-state index >= 15 is 0 Å². The molecular weight excluding hydrogens is 258 g/mol. The summed E-state index contributed by atoms with van der Waals surface area (Å²) in [5, 5.41) is 12.9. The molecule has 2 unspecified atom stereocenters. The molecule has 120 valence electrons. The summed E-state index contributed by atoms with van der Waals surface area (Å²) < 4.78 is 0. The van der Waals surface area contributed by atoms with Crippen LogP contribution < -0.4 is 5.32 Å². The molecule has 0 fully saturated rings. The van der Waals surface area contributed by atoms with Crippen LogP contribution in [0.4, 0.5) is 0 Å². The van der Waals surface area contributed by atoms with Crippen molar-refractivity contribution in [1.82, 2.24) is 5.32 Å². The molecule has 0 heterocycles. The monoisotopic (exact) mass is 291 g/mol. The van der Waals surface area contributed by atoms with Crippen molar-refractivity contribution in [2.75, 3.05) is 6.61 Å². The van der Waals surface area contributed by atoms with Crippen LogP contribution in [-0.4, -0.2) is 17.8 Å². The molecule has 1 aromatic carbocycles. The number of hydrogen-bond donors (Lipinski definition) is 2. The Morgan fingerprint density at radius 2 is 1.76 bits per heavy atom. The summed E-state index contributed by atoms with van der Waals surface area (Å²) in [6, 6.07) is 9.60. The summed E-state index contributed by atoms with van der Waals surface area (Å²) >= 11 is 0. The molecule has 0 bridgehead atoms. The van der Waals surface area contributed by atoms with Crippen molar-refractivity contribution in [3.8, 4) is 0 Å². The molecule has 1 aromatic rings. The number of aliphatic hydroxyl groups is 1. The Bertz CT molecular complexity index is 391. The maximum Gasteiger partial charge on any atom is 0.0446 e. The van der Waals surface area contributed by atoms with Gasteiger partial charge < -0.3 is 10.4 Å². The van der Waals surface area contributed by atoms with Crippen molar-refractivity contribution in [1.29, 1.82) is 0 Å². The summed E-state index contributed by atoms with van der Waals surface area (Å²) in [6.07, 6.45) is 4.47. The second-order valence-corrected chi connectivity index (χ2v) is 7.16. The quantitative estimate of drug-likeness (QED) is 0.740. The maximum absolute atomic E-state index is 9.26. The van der Waals surface area contributed by atoms with E-state index in [1.54, 1.807) is 0 Å². The fourth-order valence-electron chi connectivity index (χ4n) is 2.65. The summed E-state index contributed by atoms with van der Waals surface area (Å²) in [4.78, 5) is 0. The highest BCUT2D eigenvalue weighted by Crippen LogP contribution is 2.25. The zero-order valence-corrected chi connectivity index (χ0v) is 14.4. The Morgan fingerprint density at radius 1 is 1.14 bits per heavy atom. The smallest absolute Gasteiger partial charge is 0.0446 e. The molecule has 0 aliphatic rings. The van der Waals surface area contributed by atoms with E-state index in [1.807, 2.05) is 0 Å². The summed E-state index contributed by atoms with van der Waals surface area (Å²) in [6.45, 7) is 11.3. The first-order valence-corrected chi connectivity index (χ1v) is 8.34. The molecule has 0 aliphatic carbocycles. The fourth-order valence-corrected chi connectivity index (χ4v) is 2.65. The van der Waals surface area contributed by atoms with E-state index in [-0.39, 0.29) is 12.0 Å². The number of benzene rings is 1. The molecular formula is C19H33NO. The van der Waals surface area contributed by atoms with E-state index in [9.17, 15) is 5.11 Å². The van der Waals surface area contributed by atoms with E-state index in [2.05, 4.69) is 64.2 Å². The van der Waals surface area contributed by atoms with Gasteiger partial charge in [-0.15, -0.1) is 0 Å². The molecule has 0 aliphatic heterocycles. The first-order valence-electron chi connectivity index (χ1n) is 8.34. The number of unbranched alkanes of at least 4 members (excludes halogenated alkanes) is 1. The molecule has 0 amide bonds. The van der Waals surface area contributed by atoms with Crippen LogP contribution in [-0.2, 0) is 6.42 Å². The number of aliphatic hydroxyl groups excluding tert-OH is 1. The Morgan fingerprint density at radius 3 is 2.24 bits per heavy atom. The molecule has 0 saturated heterocycles. The van der Waals surface area contributed by atoms with E-state index in [0.717, 1.165) is 6.42 Å². The van der Waals surface area contributed by atoms with Gasteiger partial charge in [-0.25, -0.2) is 0 Å². The van der Waals surface area contributed by atoms with Crippen LogP contribution in [0.25, 0.3) is 0 Å². The van der Waals surface area contributed by atoms with Crippen molar-refractivity contribution in [2.45, 2.75) is 72.4 Å². The lowest BCUT2D eigenvalue weighted by atomic mass is 9.84. The number of hydrogen-bond acceptors (Lipinski definition) is 2. The molecule has 2 N–H and O–H groups in total. The van der Waals surface area contributed by atoms with Crippen molar-refractivity contribution in [3.63, 3.8) is 0 Å². The molecule has 1 rings (SSSR count). The fraction of sp³-hybridized carbons (Fsp3) is 0.684. The van der Waals surface area contributed by atoms with Crippen LogP contribution in [0.15, 0.2) is 24.3 Å². The van der Waals surface area contributed by atoms with Gasteiger partial charge in [0, 0.05) is 18.7 Å². The van der Waals surface area contributed by atoms with Crippen LogP contribution in [0.5, 0.6) is 0 Å². The van der Waals surface area contributed by atoms with Gasteiger partial charge in [0.15, 0.2) is 0 Å². The Hall–Kier alpha value is -0.860. The Kier molecular flexibility index (Phi) is 7.41. The van der Waals surface area contributed by atoms with Gasteiger partial charge in [-0.05, 0) is 42.7 Å². The van der Waals surface area contributed by atoms with Gasteiger partial charge in [0.05, 0.1) is 0 Å². The minimum atomic E-state index is 0.151. The number of rotatable bonds is 8. The molecule has 2 heteroatoms. The van der Waals surface area contributed by atoms with Gasteiger partial charge in [-0.1, -0.05) is 58.4 Å².